The molecule has 1 aromatic rings. The maximum absolute atomic E-state index is 4.97. The second-order valence-corrected chi connectivity index (χ2v) is 7.99. The second-order valence-electron chi connectivity index (χ2n) is 6.93. The highest BCUT2D eigenvalue weighted by atomic mass is 32.1. The molecule has 0 amide bonds. The zero-order valence-corrected chi connectivity index (χ0v) is 15.7. The standard InChI is InChI=1S/C17H33N3S/c1-8-18-9-15-16(14(6)7)19-17(21-15)20(10-12(2)3)11-13(4)5/h12-14,18H,8-11H2,1-7H3. The van der Waals surface area contributed by atoms with Crippen LogP contribution in [0.25, 0.3) is 0 Å². The SMILES string of the molecule is CCNCc1sc(N(CC(C)C)CC(C)C)nc1C(C)C. The van der Waals surface area contributed by atoms with Gasteiger partial charge in [-0.2, -0.15) is 0 Å². The molecule has 1 heterocycles. The highest BCUT2D eigenvalue weighted by molar-refractivity contribution is 7.15. The third-order valence-electron chi connectivity index (χ3n) is 3.24. The lowest BCUT2D eigenvalue weighted by molar-refractivity contribution is 0.551. The maximum atomic E-state index is 4.97. The third-order valence-corrected chi connectivity index (χ3v) is 4.37. The second kappa shape index (κ2) is 8.74. The molecule has 0 saturated carbocycles. The molecule has 122 valence electrons. The summed E-state index contributed by atoms with van der Waals surface area (Å²) in [4.78, 5) is 8.85. The van der Waals surface area contributed by atoms with Crippen LogP contribution in [-0.2, 0) is 6.54 Å². The van der Waals surface area contributed by atoms with E-state index in [1.54, 1.807) is 0 Å². The first-order chi connectivity index (χ1) is 9.85. The fourth-order valence-corrected chi connectivity index (χ4v) is 3.62. The van der Waals surface area contributed by atoms with Crippen LogP contribution < -0.4 is 10.2 Å². The van der Waals surface area contributed by atoms with E-state index in [0.29, 0.717) is 17.8 Å². The van der Waals surface area contributed by atoms with Crippen molar-refractivity contribution in [1.82, 2.24) is 10.3 Å². The molecule has 0 aliphatic heterocycles. The Morgan fingerprint density at radius 2 is 1.62 bits per heavy atom. The van der Waals surface area contributed by atoms with Gasteiger partial charge in [0.1, 0.15) is 0 Å². The number of rotatable bonds is 9. The molecule has 4 heteroatoms. The van der Waals surface area contributed by atoms with E-state index in [1.165, 1.54) is 15.7 Å². The normalized spacial score (nSPS) is 11.9. The lowest BCUT2D eigenvalue weighted by Gasteiger charge is -2.25. The number of nitrogens with one attached hydrogen (secondary N) is 1. The molecule has 0 spiro atoms. The predicted octanol–water partition coefficient (Wildman–Crippen LogP) is 4.49. The first-order valence-electron chi connectivity index (χ1n) is 8.30. The van der Waals surface area contributed by atoms with Crippen LogP contribution in [0.4, 0.5) is 5.13 Å². The van der Waals surface area contributed by atoms with Gasteiger partial charge in [0.2, 0.25) is 0 Å². The number of aromatic nitrogens is 1. The molecule has 0 unspecified atom stereocenters. The van der Waals surface area contributed by atoms with Crippen molar-refractivity contribution in [2.75, 3.05) is 24.5 Å². The number of hydrogen-bond acceptors (Lipinski definition) is 4. The van der Waals surface area contributed by atoms with E-state index in [9.17, 15) is 0 Å². The zero-order valence-electron chi connectivity index (χ0n) is 14.9. The van der Waals surface area contributed by atoms with Crippen molar-refractivity contribution in [2.45, 2.75) is 60.9 Å². The van der Waals surface area contributed by atoms with Crippen LogP contribution in [0.5, 0.6) is 0 Å². The number of nitrogens with zero attached hydrogens (tertiary/aromatic N) is 2. The van der Waals surface area contributed by atoms with Crippen molar-refractivity contribution in [3.8, 4) is 0 Å². The monoisotopic (exact) mass is 311 g/mol. The van der Waals surface area contributed by atoms with E-state index in [2.05, 4.69) is 58.7 Å². The number of thiazole rings is 1. The van der Waals surface area contributed by atoms with Crippen LogP contribution >= 0.6 is 11.3 Å². The molecular formula is C17H33N3S. The Hall–Kier alpha value is -0.610. The lowest BCUT2D eigenvalue weighted by atomic mass is 10.1. The van der Waals surface area contributed by atoms with E-state index in [1.807, 2.05) is 11.3 Å². The van der Waals surface area contributed by atoms with Crippen molar-refractivity contribution >= 4 is 16.5 Å². The fraction of sp³-hybridized carbons (Fsp3) is 0.824. The molecule has 0 fully saturated rings. The van der Waals surface area contributed by atoms with E-state index in [4.69, 9.17) is 4.98 Å². The lowest BCUT2D eigenvalue weighted by Crippen LogP contribution is -2.31. The van der Waals surface area contributed by atoms with Gasteiger partial charge in [-0.1, -0.05) is 48.5 Å². The summed E-state index contributed by atoms with van der Waals surface area (Å²) in [6, 6.07) is 0. The van der Waals surface area contributed by atoms with Crippen molar-refractivity contribution in [1.29, 1.82) is 0 Å². The predicted molar refractivity (Wildman–Crippen MR) is 95.5 cm³/mol. The summed E-state index contributed by atoms with van der Waals surface area (Å²) >= 11 is 1.87. The molecule has 1 aromatic heterocycles. The average Bonchev–Trinajstić information content (AvgIpc) is 2.78. The highest BCUT2D eigenvalue weighted by Crippen LogP contribution is 2.31. The first-order valence-corrected chi connectivity index (χ1v) is 9.12. The fourth-order valence-electron chi connectivity index (χ4n) is 2.41. The van der Waals surface area contributed by atoms with E-state index >= 15 is 0 Å². The van der Waals surface area contributed by atoms with Gasteiger partial charge in [0.25, 0.3) is 0 Å². The van der Waals surface area contributed by atoms with Gasteiger partial charge < -0.3 is 10.2 Å². The summed E-state index contributed by atoms with van der Waals surface area (Å²) < 4.78 is 0. The van der Waals surface area contributed by atoms with Gasteiger partial charge in [-0.15, -0.1) is 11.3 Å². The van der Waals surface area contributed by atoms with E-state index < -0.39 is 0 Å². The molecular weight excluding hydrogens is 278 g/mol. The van der Waals surface area contributed by atoms with Crippen LogP contribution in [0, 0.1) is 11.8 Å². The molecule has 0 saturated heterocycles. The molecule has 21 heavy (non-hydrogen) atoms. The molecule has 0 aliphatic carbocycles. The summed E-state index contributed by atoms with van der Waals surface area (Å²) in [5.41, 5.74) is 1.27. The first kappa shape index (κ1) is 18.4. The van der Waals surface area contributed by atoms with Crippen LogP contribution in [-0.4, -0.2) is 24.6 Å². The van der Waals surface area contributed by atoms with Gasteiger partial charge >= 0.3 is 0 Å². The van der Waals surface area contributed by atoms with Gasteiger partial charge in [-0.05, 0) is 24.3 Å². The van der Waals surface area contributed by atoms with Gasteiger partial charge in [-0.3, -0.25) is 0 Å². The molecule has 0 atom stereocenters. The summed E-state index contributed by atoms with van der Waals surface area (Å²) in [5.74, 6) is 1.81. The quantitative estimate of drug-likeness (QED) is 0.728. The summed E-state index contributed by atoms with van der Waals surface area (Å²) in [6.45, 7) is 19.9. The molecule has 0 bridgehead atoms. The molecule has 0 radical (unpaired) electrons. The van der Waals surface area contributed by atoms with Crippen LogP contribution in [0.3, 0.4) is 0 Å². The Labute approximate surface area is 135 Å². The summed E-state index contributed by atoms with van der Waals surface area (Å²) in [7, 11) is 0. The van der Waals surface area contributed by atoms with E-state index in [-0.39, 0.29) is 0 Å². The topological polar surface area (TPSA) is 28.2 Å². The van der Waals surface area contributed by atoms with Crippen molar-refractivity contribution in [2.24, 2.45) is 11.8 Å². The Morgan fingerprint density at radius 3 is 2.05 bits per heavy atom. The Bertz CT molecular complexity index is 400. The largest absolute Gasteiger partial charge is 0.348 e. The molecule has 0 aromatic carbocycles. The smallest absolute Gasteiger partial charge is 0.185 e. The van der Waals surface area contributed by atoms with Gasteiger partial charge in [-0.25, -0.2) is 4.98 Å². The highest BCUT2D eigenvalue weighted by Gasteiger charge is 2.19. The average molecular weight is 312 g/mol. The van der Waals surface area contributed by atoms with Crippen molar-refractivity contribution < 1.29 is 0 Å². The number of hydrogen-bond donors (Lipinski definition) is 1. The Morgan fingerprint density at radius 1 is 1.05 bits per heavy atom. The van der Waals surface area contributed by atoms with Crippen LogP contribution in [0.15, 0.2) is 0 Å². The minimum atomic E-state index is 0.489. The number of anilines is 1. The molecule has 1 N–H and O–H groups in total. The Kier molecular flexibility index (Phi) is 7.67. The van der Waals surface area contributed by atoms with E-state index in [0.717, 1.165) is 26.2 Å². The minimum Gasteiger partial charge on any atom is -0.348 e. The molecule has 3 nitrogen and oxygen atoms in total. The summed E-state index contributed by atoms with van der Waals surface area (Å²) in [6.07, 6.45) is 0. The third kappa shape index (κ3) is 5.95. The van der Waals surface area contributed by atoms with Gasteiger partial charge in [0, 0.05) is 24.5 Å². The maximum Gasteiger partial charge on any atom is 0.185 e. The van der Waals surface area contributed by atoms with Crippen molar-refractivity contribution in [3.63, 3.8) is 0 Å². The minimum absolute atomic E-state index is 0.489. The Balaban J connectivity index is 3.01. The summed E-state index contributed by atoms with van der Waals surface area (Å²) in [5, 5.41) is 4.65. The van der Waals surface area contributed by atoms with Crippen LogP contribution in [0.1, 0.15) is 65.0 Å². The van der Waals surface area contributed by atoms with Gasteiger partial charge in [0.15, 0.2) is 5.13 Å². The van der Waals surface area contributed by atoms with Gasteiger partial charge in [0.05, 0.1) is 5.69 Å². The molecule has 1 rings (SSSR count). The van der Waals surface area contributed by atoms with Crippen LogP contribution in [0.2, 0.25) is 0 Å². The zero-order chi connectivity index (χ0) is 16.0. The molecule has 0 aliphatic rings. The van der Waals surface area contributed by atoms with Crippen molar-refractivity contribution in [3.05, 3.63) is 10.6 Å².